The predicted octanol–water partition coefficient (Wildman–Crippen LogP) is 0.993. The molecule has 2 fully saturated rings. The van der Waals surface area contributed by atoms with E-state index < -0.39 is 0 Å². The van der Waals surface area contributed by atoms with Crippen LogP contribution in [-0.2, 0) is 11.8 Å². The highest BCUT2D eigenvalue weighted by atomic mass is 16.5. The van der Waals surface area contributed by atoms with Gasteiger partial charge in [-0.25, -0.2) is 4.98 Å². The normalized spacial score (nSPS) is 24.5. The van der Waals surface area contributed by atoms with Crippen LogP contribution in [0.1, 0.15) is 30.3 Å². The molecule has 1 atom stereocenters. The first-order valence-corrected chi connectivity index (χ1v) is 8.10. The third-order valence-corrected chi connectivity index (χ3v) is 5.09. The van der Waals surface area contributed by atoms with Gasteiger partial charge in [0.1, 0.15) is 5.69 Å². The molecule has 0 saturated carbocycles. The Hall–Kier alpha value is -1.40. The Balaban J connectivity index is 1.60. The number of imidazole rings is 1. The molecule has 2 aliphatic rings. The fourth-order valence-corrected chi connectivity index (χ4v) is 3.70. The van der Waals surface area contributed by atoms with Gasteiger partial charge in [-0.2, -0.15) is 0 Å². The van der Waals surface area contributed by atoms with Crippen molar-refractivity contribution in [1.29, 1.82) is 0 Å². The molecule has 122 valence electrons. The molecule has 1 amide bonds. The van der Waals surface area contributed by atoms with Crippen LogP contribution < -0.4 is 0 Å². The second kappa shape index (κ2) is 6.01. The van der Waals surface area contributed by atoms with Gasteiger partial charge in [0, 0.05) is 39.5 Å². The number of hydrogen-bond acceptors (Lipinski definition) is 4. The maximum atomic E-state index is 12.4. The summed E-state index contributed by atoms with van der Waals surface area (Å²) in [6, 6.07) is 0. The van der Waals surface area contributed by atoms with E-state index in [1.807, 2.05) is 23.4 Å². The second-order valence-electron chi connectivity index (χ2n) is 6.75. The molecule has 0 aromatic carbocycles. The summed E-state index contributed by atoms with van der Waals surface area (Å²) >= 11 is 0. The number of aryl methyl sites for hydroxylation is 1. The Kier molecular flexibility index (Phi) is 4.23. The molecule has 0 aliphatic carbocycles. The minimum atomic E-state index is 0.0477. The largest absolute Gasteiger partial charge is 0.381 e. The number of amides is 1. The molecule has 0 radical (unpaired) electrons. The van der Waals surface area contributed by atoms with Crippen molar-refractivity contribution in [3.63, 3.8) is 0 Å². The molecule has 1 aromatic heterocycles. The molecule has 6 nitrogen and oxygen atoms in total. The summed E-state index contributed by atoms with van der Waals surface area (Å²) in [6.07, 6.45) is 5.77. The Labute approximate surface area is 132 Å². The smallest absolute Gasteiger partial charge is 0.274 e. The predicted molar refractivity (Wildman–Crippen MR) is 83.7 cm³/mol. The number of carbonyl (C=O) groups excluding carboxylic acids is 1. The van der Waals surface area contributed by atoms with Gasteiger partial charge in [0.15, 0.2) is 0 Å². The topological polar surface area (TPSA) is 50.6 Å². The monoisotopic (exact) mass is 306 g/mol. The zero-order chi connectivity index (χ0) is 15.7. The van der Waals surface area contributed by atoms with E-state index in [1.165, 1.54) is 6.42 Å². The standard InChI is InChI=1S/C16H26N4O2/c1-4-22-9-13-5-6-19(3)16(7-13)10-20(11-16)15(21)14-8-18(2)12-17-14/h8,12-13H,4-7,9-11H2,1-3H3/t13-/m1/s1. The van der Waals surface area contributed by atoms with Crippen LogP contribution in [-0.4, -0.2) is 70.7 Å². The first-order chi connectivity index (χ1) is 10.5. The lowest BCUT2D eigenvalue weighted by Crippen LogP contribution is -2.72. The number of nitrogens with zero attached hydrogens (tertiary/aromatic N) is 4. The number of likely N-dealkylation sites (tertiary alicyclic amines) is 2. The van der Waals surface area contributed by atoms with Crippen molar-refractivity contribution >= 4 is 5.91 Å². The lowest BCUT2D eigenvalue weighted by atomic mass is 9.75. The lowest BCUT2D eigenvalue weighted by Gasteiger charge is -2.58. The number of hydrogen-bond donors (Lipinski definition) is 0. The van der Waals surface area contributed by atoms with Crippen LogP contribution in [0.3, 0.4) is 0 Å². The molecule has 1 aromatic rings. The van der Waals surface area contributed by atoms with Crippen molar-refractivity contribution < 1.29 is 9.53 Å². The van der Waals surface area contributed by atoms with Gasteiger partial charge in [-0.1, -0.05) is 0 Å². The summed E-state index contributed by atoms with van der Waals surface area (Å²) in [6.45, 7) is 6.37. The van der Waals surface area contributed by atoms with E-state index in [4.69, 9.17) is 4.74 Å². The summed E-state index contributed by atoms with van der Waals surface area (Å²) in [5.74, 6) is 0.662. The number of aromatic nitrogens is 2. The van der Waals surface area contributed by atoms with Crippen LogP contribution in [0.15, 0.2) is 12.5 Å². The van der Waals surface area contributed by atoms with Crippen molar-refractivity contribution in [3.05, 3.63) is 18.2 Å². The lowest BCUT2D eigenvalue weighted by molar-refractivity contribution is -0.0753. The molecular weight excluding hydrogens is 280 g/mol. The van der Waals surface area contributed by atoms with E-state index in [2.05, 4.69) is 16.9 Å². The van der Waals surface area contributed by atoms with Gasteiger partial charge in [-0.15, -0.1) is 0 Å². The summed E-state index contributed by atoms with van der Waals surface area (Å²) in [5, 5.41) is 0. The van der Waals surface area contributed by atoms with E-state index in [9.17, 15) is 4.79 Å². The van der Waals surface area contributed by atoms with Crippen molar-refractivity contribution in [2.45, 2.75) is 25.3 Å². The van der Waals surface area contributed by atoms with Gasteiger partial charge in [-0.3, -0.25) is 9.69 Å². The van der Waals surface area contributed by atoms with Crippen molar-refractivity contribution in [1.82, 2.24) is 19.4 Å². The average Bonchev–Trinajstić information content (AvgIpc) is 2.90. The zero-order valence-corrected chi connectivity index (χ0v) is 13.8. The van der Waals surface area contributed by atoms with Crippen LogP contribution >= 0.6 is 0 Å². The highest BCUT2D eigenvalue weighted by molar-refractivity contribution is 5.92. The Morgan fingerprint density at radius 2 is 2.23 bits per heavy atom. The van der Waals surface area contributed by atoms with Crippen LogP contribution in [0, 0.1) is 5.92 Å². The molecular formula is C16H26N4O2. The Bertz CT molecular complexity index is 534. The van der Waals surface area contributed by atoms with E-state index in [-0.39, 0.29) is 11.4 Å². The second-order valence-corrected chi connectivity index (χ2v) is 6.75. The maximum absolute atomic E-state index is 12.4. The third-order valence-electron chi connectivity index (χ3n) is 5.09. The van der Waals surface area contributed by atoms with Crippen molar-refractivity contribution in [3.8, 4) is 0 Å². The molecule has 2 aliphatic heterocycles. The van der Waals surface area contributed by atoms with Crippen molar-refractivity contribution in [2.24, 2.45) is 13.0 Å². The SMILES string of the molecule is CCOC[C@@H]1CCN(C)C2(C1)CN(C(=O)c1cn(C)cn1)C2. The molecule has 0 N–H and O–H groups in total. The van der Waals surface area contributed by atoms with Gasteiger partial charge in [0.05, 0.1) is 11.9 Å². The minimum Gasteiger partial charge on any atom is -0.381 e. The first-order valence-electron chi connectivity index (χ1n) is 8.10. The van der Waals surface area contributed by atoms with Crippen LogP contribution in [0.25, 0.3) is 0 Å². The molecule has 2 saturated heterocycles. The third kappa shape index (κ3) is 2.77. The van der Waals surface area contributed by atoms with E-state index in [0.717, 1.165) is 39.3 Å². The summed E-state index contributed by atoms with van der Waals surface area (Å²) < 4.78 is 7.42. The molecule has 1 spiro atoms. The summed E-state index contributed by atoms with van der Waals surface area (Å²) in [4.78, 5) is 20.9. The fraction of sp³-hybridized carbons (Fsp3) is 0.750. The van der Waals surface area contributed by atoms with Gasteiger partial charge >= 0.3 is 0 Å². The number of rotatable bonds is 4. The van der Waals surface area contributed by atoms with Crippen LogP contribution in [0.5, 0.6) is 0 Å². The number of piperidine rings is 1. The molecule has 22 heavy (non-hydrogen) atoms. The van der Waals surface area contributed by atoms with Crippen molar-refractivity contribution in [2.75, 3.05) is 39.9 Å². The highest BCUT2D eigenvalue weighted by Crippen LogP contribution is 2.38. The Morgan fingerprint density at radius 1 is 1.45 bits per heavy atom. The molecule has 3 rings (SSSR count). The first kappa shape index (κ1) is 15.5. The fourth-order valence-electron chi connectivity index (χ4n) is 3.70. The minimum absolute atomic E-state index is 0.0477. The number of ether oxygens (including phenoxy) is 1. The molecule has 0 unspecified atom stereocenters. The van der Waals surface area contributed by atoms with E-state index in [0.29, 0.717) is 11.6 Å². The Morgan fingerprint density at radius 3 is 2.86 bits per heavy atom. The molecule has 0 bridgehead atoms. The van der Waals surface area contributed by atoms with Gasteiger partial charge in [-0.05, 0) is 39.3 Å². The zero-order valence-electron chi connectivity index (χ0n) is 13.8. The van der Waals surface area contributed by atoms with Crippen LogP contribution in [0.2, 0.25) is 0 Å². The molecule has 3 heterocycles. The molecule has 6 heteroatoms. The van der Waals surface area contributed by atoms with E-state index >= 15 is 0 Å². The average molecular weight is 306 g/mol. The van der Waals surface area contributed by atoms with Gasteiger partial charge in [0.25, 0.3) is 5.91 Å². The quantitative estimate of drug-likeness (QED) is 0.832. The number of carbonyl (C=O) groups is 1. The summed E-state index contributed by atoms with van der Waals surface area (Å²) in [7, 11) is 4.06. The van der Waals surface area contributed by atoms with Gasteiger partial charge < -0.3 is 14.2 Å². The summed E-state index contributed by atoms with van der Waals surface area (Å²) in [5.41, 5.74) is 0.687. The highest BCUT2D eigenvalue weighted by Gasteiger charge is 2.51. The maximum Gasteiger partial charge on any atom is 0.274 e. The van der Waals surface area contributed by atoms with Crippen LogP contribution in [0.4, 0.5) is 0 Å². The van der Waals surface area contributed by atoms with E-state index in [1.54, 1.807) is 12.5 Å². The van der Waals surface area contributed by atoms with Gasteiger partial charge in [0.2, 0.25) is 0 Å². The number of likely N-dealkylation sites (N-methyl/N-ethyl adjacent to an activating group) is 1.